The number of benzene rings is 1. The SMILES string of the molecule is CCC(CCl)(CCl)NCc1ccc(OC)c(F)c1. The van der Waals surface area contributed by atoms with E-state index in [2.05, 4.69) is 5.32 Å². The maximum atomic E-state index is 13.5. The van der Waals surface area contributed by atoms with Gasteiger partial charge in [-0.15, -0.1) is 23.2 Å². The van der Waals surface area contributed by atoms with Crippen LogP contribution in [-0.4, -0.2) is 24.4 Å². The standard InChI is InChI=1S/C13H18Cl2FNO/c1-3-13(8-14,9-15)17-7-10-4-5-12(18-2)11(16)6-10/h4-6,17H,3,7-9H2,1-2H3. The molecule has 0 radical (unpaired) electrons. The van der Waals surface area contributed by atoms with Gasteiger partial charge in [0.05, 0.1) is 7.11 Å². The van der Waals surface area contributed by atoms with Crippen molar-refractivity contribution >= 4 is 23.2 Å². The number of hydrogen-bond acceptors (Lipinski definition) is 2. The molecule has 1 aromatic carbocycles. The monoisotopic (exact) mass is 293 g/mol. The summed E-state index contributed by atoms with van der Waals surface area (Å²) >= 11 is 11.9. The summed E-state index contributed by atoms with van der Waals surface area (Å²) < 4.78 is 18.4. The van der Waals surface area contributed by atoms with Crippen molar-refractivity contribution in [2.24, 2.45) is 0 Å². The Balaban J connectivity index is 2.71. The van der Waals surface area contributed by atoms with Gasteiger partial charge in [-0.25, -0.2) is 4.39 Å². The van der Waals surface area contributed by atoms with Crippen molar-refractivity contribution in [3.8, 4) is 5.75 Å². The van der Waals surface area contributed by atoms with Crippen LogP contribution in [-0.2, 0) is 6.54 Å². The van der Waals surface area contributed by atoms with Crippen LogP contribution in [0.4, 0.5) is 4.39 Å². The Hall–Kier alpha value is -0.510. The second-order valence-corrected chi connectivity index (χ2v) is 4.76. The van der Waals surface area contributed by atoms with E-state index in [-0.39, 0.29) is 17.1 Å². The van der Waals surface area contributed by atoms with Crippen LogP contribution in [0.3, 0.4) is 0 Å². The van der Waals surface area contributed by atoms with Crippen molar-refractivity contribution in [3.63, 3.8) is 0 Å². The van der Waals surface area contributed by atoms with Gasteiger partial charge in [0.1, 0.15) is 0 Å². The lowest BCUT2D eigenvalue weighted by Gasteiger charge is -2.29. The van der Waals surface area contributed by atoms with Crippen LogP contribution in [0.25, 0.3) is 0 Å². The second kappa shape index (κ2) is 7.17. The Morgan fingerprint density at radius 1 is 1.33 bits per heavy atom. The van der Waals surface area contributed by atoms with Crippen LogP contribution in [0, 0.1) is 5.82 Å². The van der Waals surface area contributed by atoms with Crippen molar-refractivity contribution in [3.05, 3.63) is 29.6 Å². The van der Waals surface area contributed by atoms with E-state index in [1.54, 1.807) is 6.07 Å². The van der Waals surface area contributed by atoms with Gasteiger partial charge in [-0.1, -0.05) is 13.0 Å². The zero-order valence-electron chi connectivity index (χ0n) is 10.6. The Morgan fingerprint density at radius 3 is 2.44 bits per heavy atom. The molecule has 0 saturated heterocycles. The first-order chi connectivity index (χ1) is 8.60. The molecule has 0 spiro atoms. The van der Waals surface area contributed by atoms with Gasteiger partial charge in [0.25, 0.3) is 0 Å². The fourth-order valence-corrected chi connectivity index (χ4v) is 2.41. The number of rotatable bonds is 7. The summed E-state index contributed by atoms with van der Waals surface area (Å²) in [6, 6.07) is 4.88. The zero-order valence-corrected chi connectivity index (χ0v) is 12.1. The summed E-state index contributed by atoms with van der Waals surface area (Å²) in [4.78, 5) is 0. The van der Waals surface area contributed by atoms with E-state index in [0.717, 1.165) is 12.0 Å². The minimum Gasteiger partial charge on any atom is -0.494 e. The third kappa shape index (κ3) is 3.74. The molecular weight excluding hydrogens is 276 g/mol. The summed E-state index contributed by atoms with van der Waals surface area (Å²) in [6.45, 7) is 2.54. The summed E-state index contributed by atoms with van der Waals surface area (Å²) in [5.41, 5.74) is 0.529. The lowest BCUT2D eigenvalue weighted by molar-refractivity contribution is 0.378. The van der Waals surface area contributed by atoms with Crippen molar-refractivity contribution in [1.29, 1.82) is 0 Å². The topological polar surface area (TPSA) is 21.3 Å². The molecule has 5 heteroatoms. The molecule has 0 saturated carbocycles. The average molecular weight is 294 g/mol. The number of nitrogens with one attached hydrogen (secondary N) is 1. The van der Waals surface area contributed by atoms with E-state index in [9.17, 15) is 4.39 Å². The van der Waals surface area contributed by atoms with E-state index in [0.29, 0.717) is 18.3 Å². The van der Waals surface area contributed by atoms with Gasteiger partial charge < -0.3 is 10.1 Å². The largest absolute Gasteiger partial charge is 0.494 e. The Morgan fingerprint density at radius 2 is 2.00 bits per heavy atom. The molecule has 0 aliphatic rings. The highest BCUT2D eigenvalue weighted by Gasteiger charge is 2.25. The molecule has 0 aromatic heterocycles. The molecular formula is C13H18Cl2FNO. The lowest BCUT2D eigenvalue weighted by atomic mass is 10.0. The highest BCUT2D eigenvalue weighted by Crippen LogP contribution is 2.19. The fourth-order valence-electron chi connectivity index (χ4n) is 1.55. The van der Waals surface area contributed by atoms with Gasteiger partial charge in [0.2, 0.25) is 0 Å². The molecule has 18 heavy (non-hydrogen) atoms. The highest BCUT2D eigenvalue weighted by atomic mass is 35.5. The molecule has 0 fully saturated rings. The van der Waals surface area contributed by atoms with Gasteiger partial charge in [-0.05, 0) is 24.1 Å². The Labute approximate surface area is 117 Å². The molecule has 0 heterocycles. The van der Waals surface area contributed by atoms with Crippen LogP contribution in [0.5, 0.6) is 5.75 Å². The van der Waals surface area contributed by atoms with E-state index >= 15 is 0 Å². The lowest BCUT2D eigenvalue weighted by Crippen LogP contribution is -2.47. The predicted octanol–water partition coefficient (Wildman–Crippen LogP) is 3.55. The molecule has 0 atom stereocenters. The van der Waals surface area contributed by atoms with Crippen molar-refractivity contribution in [1.82, 2.24) is 5.32 Å². The van der Waals surface area contributed by atoms with Crippen LogP contribution in [0.15, 0.2) is 18.2 Å². The zero-order chi connectivity index (χ0) is 13.6. The summed E-state index contributed by atoms with van der Waals surface area (Å²) in [7, 11) is 1.44. The first-order valence-corrected chi connectivity index (χ1v) is 6.87. The van der Waals surface area contributed by atoms with E-state index < -0.39 is 0 Å². The minimum atomic E-state index is -0.365. The highest BCUT2D eigenvalue weighted by molar-refractivity contribution is 6.22. The maximum Gasteiger partial charge on any atom is 0.165 e. The molecule has 0 unspecified atom stereocenters. The Bertz CT molecular complexity index is 375. The van der Waals surface area contributed by atoms with Crippen molar-refractivity contribution in [2.75, 3.05) is 18.9 Å². The maximum absolute atomic E-state index is 13.5. The van der Waals surface area contributed by atoms with Crippen LogP contribution < -0.4 is 10.1 Å². The molecule has 0 aliphatic heterocycles. The van der Waals surface area contributed by atoms with Gasteiger partial charge in [-0.3, -0.25) is 0 Å². The van der Waals surface area contributed by atoms with Gasteiger partial charge in [0.15, 0.2) is 11.6 Å². The molecule has 1 rings (SSSR count). The normalized spacial score (nSPS) is 11.6. The third-order valence-corrected chi connectivity index (χ3v) is 4.10. The van der Waals surface area contributed by atoms with Gasteiger partial charge in [-0.2, -0.15) is 0 Å². The average Bonchev–Trinajstić information content (AvgIpc) is 2.41. The van der Waals surface area contributed by atoms with E-state index in [1.165, 1.54) is 13.2 Å². The number of alkyl halides is 2. The Kier molecular flexibility index (Phi) is 6.19. The quantitative estimate of drug-likeness (QED) is 0.777. The molecule has 1 N–H and O–H groups in total. The smallest absolute Gasteiger partial charge is 0.165 e. The molecule has 0 amide bonds. The summed E-state index contributed by atoms with van der Waals surface area (Å²) in [5.74, 6) is 0.725. The first kappa shape index (κ1) is 15.5. The third-order valence-electron chi connectivity index (χ3n) is 3.07. The van der Waals surface area contributed by atoms with Crippen LogP contribution in [0.1, 0.15) is 18.9 Å². The van der Waals surface area contributed by atoms with E-state index in [4.69, 9.17) is 27.9 Å². The minimum absolute atomic E-state index is 0.246. The number of ether oxygens (including phenoxy) is 1. The van der Waals surface area contributed by atoms with Crippen LogP contribution >= 0.6 is 23.2 Å². The number of methoxy groups -OCH3 is 1. The van der Waals surface area contributed by atoms with Crippen molar-refractivity contribution < 1.29 is 9.13 Å². The summed E-state index contributed by atoms with van der Waals surface area (Å²) in [5, 5.41) is 3.29. The second-order valence-electron chi connectivity index (χ2n) is 4.22. The van der Waals surface area contributed by atoms with Gasteiger partial charge >= 0.3 is 0 Å². The predicted molar refractivity (Wildman–Crippen MR) is 74.3 cm³/mol. The number of halogens is 3. The summed E-state index contributed by atoms with van der Waals surface area (Å²) in [6.07, 6.45) is 0.818. The number of hydrogen-bond donors (Lipinski definition) is 1. The molecule has 0 aliphatic carbocycles. The molecule has 1 aromatic rings. The molecule has 0 bridgehead atoms. The van der Waals surface area contributed by atoms with E-state index in [1.807, 2.05) is 13.0 Å². The first-order valence-electron chi connectivity index (χ1n) is 5.80. The molecule has 2 nitrogen and oxygen atoms in total. The van der Waals surface area contributed by atoms with Crippen LogP contribution in [0.2, 0.25) is 0 Å². The molecule has 102 valence electrons. The van der Waals surface area contributed by atoms with Gasteiger partial charge in [0, 0.05) is 23.8 Å². The van der Waals surface area contributed by atoms with Crippen molar-refractivity contribution in [2.45, 2.75) is 25.4 Å². The fraction of sp³-hybridized carbons (Fsp3) is 0.538.